The summed E-state index contributed by atoms with van der Waals surface area (Å²) in [6.07, 6.45) is 1.03. The SMILES string of the molecule is CC(C)(C)c1cc2c(cc1-c1ccccc1)Cc1c-2cc(C(C)(C)C)c(-c2ccccc2)[c]1[Zr].Cl.Cl. The predicted molar refractivity (Wildman–Crippen MR) is 157 cm³/mol. The molecule has 0 aromatic heterocycles. The Kier molecular flexibility index (Phi) is 8.52. The number of rotatable bonds is 2. The van der Waals surface area contributed by atoms with Gasteiger partial charge in [0.05, 0.1) is 0 Å². The molecule has 1 aliphatic carbocycles. The molecule has 0 saturated carbocycles. The topological polar surface area (TPSA) is 0 Å². The number of hydrogen-bond acceptors (Lipinski definition) is 0. The Morgan fingerprint density at radius 2 is 1.08 bits per heavy atom. The van der Waals surface area contributed by atoms with Crippen molar-refractivity contribution in [2.45, 2.75) is 58.8 Å². The summed E-state index contributed by atoms with van der Waals surface area (Å²) < 4.78 is 1.52. The molecule has 0 fully saturated rings. The van der Waals surface area contributed by atoms with Crippen LogP contribution in [0.25, 0.3) is 33.4 Å². The van der Waals surface area contributed by atoms with E-state index in [2.05, 4.69) is 120 Å². The quantitative estimate of drug-likeness (QED) is 0.191. The molecular weight excluding hydrogens is 558 g/mol. The van der Waals surface area contributed by atoms with Crippen LogP contribution in [0.15, 0.2) is 78.9 Å². The number of benzene rings is 4. The van der Waals surface area contributed by atoms with Crippen LogP contribution in [0.1, 0.15) is 63.8 Å². The summed E-state index contributed by atoms with van der Waals surface area (Å²) in [4.78, 5) is 0. The molecule has 0 heterocycles. The zero-order valence-corrected chi connectivity index (χ0v) is 26.1. The first-order valence-electron chi connectivity index (χ1n) is 12.3. The minimum Gasteiger partial charge on any atom is -0.147 e. The Hall–Kier alpha value is -1.66. The summed E-state index contributed by atoms with van der Waals surface area (Å²) in [6, 6.07) is 29.4. The van der Waals surface area contributed by atoms with Gasteiger partial charge in [-0.3, -0.25) is 0 Å². The van der Waals surface area contributed by atoms with Gasteiger partial charge in [-0.2, -0.15) is 0 Å². The molecule has 185 valence electrons. The van der Waals surface area contributed by atoms with Gasteiger partial charge in [0, 0.05) is 0 Å². The van der Waals surface area contributed by atoms with Crippen molar-refractivity contribution in [2.24, 2.45) is 0 Å². The Morgan fingerprint density at radius 3 is 1.61 bits per heavy atom. The summed E-state index contributed by atoms with van der Waals surface area (Å²) >= 11 is 1.50. The zero-order valence-electron chi connectivity index (χ0n) is 22.0. The Balaban J connectivity index is 0.00000180. The van der Waals surface area contributed by atoms with Gasteiger partial charge in [-0.15, -0.1) is 24.8 Å². The summed E-state index contributed by atoms with van der Waals surface area (Å²) in [7, 11) is 0. The van der Waals surface area contributed by atoms with Gasteiger partial charge in [0.15, 0.2) is 0 Å². The fourth-order valence-corrected chi connectivity index (χ4v) is 6.59. The van der Waals surface area contributed by atoms with Crippen LogP contribution in [0.2, 0.25) is 0 Å². The monoisotopic (exact) mass is 591 g/mol. The van der Waals surface area contributed by atoms with E-state index in [-0.39, 0.29) is 35.6 Å². The van der Waals surface area contributed by atoms with Gasteiger partial charge in [0.25, 0.3) is 0 Å². The van der Waals surface area contributed by atoms with E-state index in [1.807, 2.05) is 0 Å². The molecular formula is C33H35Cl2Zr. The van der Waals surface area contributed by atoms with Crippen molar-refractivity contribution < 1.29 is 24.7 Å². The predicted octanol–water partition coefficient (Wildman–Crippen LogP) is 9.20. The third kappa shape index (κ3) is 5.18. The minimum atomic E-state index is 0. The fraction of sp³-hybridized carbons (Fsp3) is 0.273. The molecule has 1 aliphatic rings. The maximum atomic E-state index is 2.52. The van der Waals surface area contributed by atoms with Gasteiger partial charge >= 0.3 is 221 Å². The number of hydrogen-bond donors (Lipinski definition) is 0. The minimum absolute atomic E-state index is 0. The van der Waals surface area contributed by atoms with Crippen LogP contribution in [0.4, 0.5) is 0 Å². The molecule has 0 aliphatic heterocycles. The third-order valence-corrected chi connectivity index (χ3v) is 8.46. The second-order valence-corrected chi connectivity index (χ2v) is 12.9. The van der Waals surface area contributed by atoms with Crippen LogP contribution in [-0.4, -0.2) is 0 Å². The van der Waals surface area contributed by atoms with E-state index < -0.39 is 0 Å². The van der Waals surface area contributed by atoms with E-state index in [1.54, 1.807) is 0 Å². The number of fused-ring (bicyclic) bond motifs is 3. The summed E-state index contributed by atoms with van der Waals surface area (Å²) in [5.74, 6) is 0. The molecule has 0 spiro atoms. The molecule has 0 N–H and O–H groups in total. The van der Waals surface area contributed by atoms with Crippen LogP contribution in [0, 0.1) is 0 Å². The molecule has 0 amide bonds. The zero-order chi connectivity index (χ0) is 24.3. The molecule has 0 atom stereocenters. The molecule has 3 heteroatoms. The Labute approximate surface area is 244 Å². The largest absolute Gasteiger partial charge is 0.147 e. The van der Waals surface area contributed by atoms with Crippen molar-refractivity contribution in [1.82, 2.24) is 0 Å². The van der Waals surface area contributed by atoms with E-state index >= 15 is 0 Å². The summed E-state index contributed by atoms with van der Waals surface area (Å²) in [5, 5.41) is 0. The molecule has 0 radical (unpaired) electrons. The van der Waals surface area contributed by atoms with Crippen molar-refractivity contribution >= 4 is 28.1 Å². The molecule has 0 bridgehead atoms. The molecule has 0 saturated heterocycles. The van der Waals surface area contributed by atoms with Gasteiger partial charge in [-0.25, -0.2) is 0 Å². The molecule has 4 aromatic rings. The van der Waals surface area contributed by atoms with Gasteiger partial charge < -0.3 is 0 Å². The fourth-order valence-electron chi connectivity index (χ4n) is 5.35. The maximum absolute atomic E-state index is 2.52. The standard InChI is InChI=1S/C33H33.2ClH.Zr/c1-32(2,3)30-20-26-24(18-28(30)22-13-9-7-10-14-22)17-25-19-29(23-15-11-8-12-16-23)31(21-27(25)26)33(4,5)6;;;/h7-16,18,20-21H,17H2,1-6H3;2*1H;. The Morgan fingerprint density at radius 1 is 0.583 bits per heavy atom. The van der Waals surface area contributed by atoms with Crippen molar-refractivity contribution in [3.63, 3.8) is 0 Å². The second kappa shape index (κ2) is 10.6. The summed E-state index contributed by atoms with van der Waals surface area (Å²) in [5.41, 5.74) is 14.4. The summed E-state index contributed by atoms with van der Waals surface area (Å²) in [6.45, 7) is 14.1. The average Bonchev–Trinajstić information content (AvgIpc) is 3.16. The van der Waals surface area contributed by atoms with Crippen LogP contribution in [0.3, 0.4) is 0 Å². The molecule has 0 unspecified atom stereocenters. The van der Waals surface area contributed by atoms with E-state index in [0.29, 0.717) is 0 Å². The third-order valence-electron chi connectivity index (χ3n) is 7.10. The van der Waals surface area contributed by atoms with Crippen LogP contribution < -0.4 is 3.27 Å². The van der Waals surface area contributed by atoms with Crippen molar-refractivity contribution in [3.8, 4) is 33.4 Å². The van der Waals surface area contributed by atoms with Crippen molar-refractivity contribution in [3.05, 3.63) is 101 Å². The van der Waals surface area contributed by atoms with Crippen molar-refractivity contribution in [2.75, 3.05) is 0 Å². The van der Waals surface area contributed by atoms with Crippen LogP contribution >= 0.6 is 24.8 Å². The van der Waals surface area contributed by atoms with Gasteiger partial charge in [-0.05, 0) is 0 Å². The van der Waals surface area contributed by atoms with E-state index in [1.165, 1.54) is 83.6 Å². The maximum Gasteiger partial charge on any atom is -0.147 e. The first-order chi connectivity index (χ1) is 16.1. The molecule has 0 nitrogen and oxygen atoms in total. The molecule has 5 rings (SSSR count). The first kappa shape index (κ1) is 28.9. The number of halogens is 2. The normalized spacial score (nSPS) is 12.2. The van der Waals surface area contributed by atoms with E-state index in [9.17, 15) is 0 Å². The van der Waals surface area contributed by atoms with Crippen LogP contribution in [0.5, 0.6) is 0 Å². The van der Waals surface area contributed by atoms with Gasteiger partial charge in [-0.1, -0.05) is 0 Å². The van der Waals surface area contributed by atoms with E-state index in [0.717, 1.165) is 6.42 Å². The second-order valence-electron chi connectivity index (χ2n) is 11.7. The van der Waals surface area contributed by atoms with Gasteiger partial charge in [0.1, 0.15) is 0 Å². The first-order valence-corrected chi connectivity index (χ1v) is 13.5. The van der Waals surface area contributed by atoms with Crippen LogP contribution in [-0.2, 0) is 42.0 Å². The molecule has 4 aromatic carbocycles. The van der Waals surface area contributed by atoms with Gasteiger partial charge in [0.2, 0.25) is 0 Å². The van der Waals surface area contributed by atoms with E-state index in [4.69, 9.17) is 0 Å². The van der Waals surface area contributed by atoms with Crippen molar-refractivity contribution in [1.29, 1.82) is 0 Å². The smallest absolute Gasteiger partial charge is 0.147 e. The molecule has 36 heavy (non-hydrogen) atoms. The Bertz CT molecular complexity index is 1380. The average molecular weight is 594 g/mol.